The predicted molar refractivity (Wildman–Crippen MR) is 73.0 cm³/mol. The molecule has 3 atom stereocenters. The third-order valence-electron chi connectivity index (χ3n) is 3.30. The standard InChI is InChI=1S/C14H25NO3/c1-6-9(2)13(16)11(4)12(15)8-7-10(3)14(17)18-5/h6-7,11-13,16H,8,15H2,1-5H3/b9-6+,10-7+/t11-,12-,13+/m0/s1. The lowest BCUT2D eigenvalue weighted by atomic mass is 9.89. The van der Waals surface area contributed by atoms with Crippen LogP contribution in [-0.4, -0.2) is 30.3 Å². The second-order valence-electron chi connectivity index (χ2n) is 4.61. The number of ether oxygens (including phenoxy) is 1. The summed E-state index contributed by atoms with van der Waals surface area (Å²) in [4.78, 5) is 11.2. The molecule has 0 aromatic carbocycles. The molecule has 0 heterocycles. The number of aliphatic hydroxyl groups is 1. The van der Waals surface area contributed by atoms with Crippen LogP contribution in [0.2, 0.25) is 0 Å². The van der Waals surface area contributed by atoms with Gasteiger partial charge in [0, 0.05) is 17.5 Å². The quantitative estimate of drug-likeness (QED) is 0.431. The van der Waals surface area contributed by atoms with Crippen molar-refractivity contribution < 1.29 is 14.6 Å². The van der Waals surface area contributed by atoms with Crippen molar-refractivity contribution in [3.05, 3.63) is 23.3 Å². The summed E-state index contributed by atoms with van der Waals surface area (Å²) in [7, 11) is 1.35. The summed E-state index contributed by atoms with van der Waals surface area (Å²) in [6.45, 7) is 7.36. The van der Waals surface area contributed by atoms with Gasteiger partial charge in [0.1, 0.15) is 0 Å². The van der Waals surface area contributed by atoms with Crippen LogP contribution in [0.5, 0.6) is 0 Å². The minimum absolute atomic E-state index is 0.0668. The monoisotopic (exact) mass is 255 g/mol. The minimum atomic E-state index is -0.545. The van der Waals surface area contributed by atoms with E-state index in [1.807, 2.05) is 26.8 Å². The third kappa shape index (κ3) is 5.02. The van der Waals surface area contributed by atoms with Crippen LogP contribution in [0.25, 0.3) is 0 Å². The van der Waals surface area contributed by atoms with Gasteiger partial charge in [-0.3, -0.25) is 0 Å². The van der Waals surface area contributed by atoms with Crippen LogP contribution in [-0.2, 0) is 9.53 Å². The van der Waals surface area contributed by atoms with Gasteiger partial charge in [-0.05, 0) is 32.8 Å². The van der Waals surface area contributed by atoms with Crippen molar-refractivity contribution >= 4 is 5.97 Å². The van der Waals surface area contributed by atoms with Crippen LogP contribution >= 0.6 is 0 Å². The van der Waals surface area contributed by atoms with E-state index in [2.05, 4.69) is 4.74 Å². The Balaban J connectivity index is 4.50. The van der Waals surface area contributed by atoms with Crippen molar-refractivity contribution in [2.75, 3.05) is 7.11 Å². The number of carbonyl (C=O) groups excluding carboxylic acids is 1. The van der Waals surface area contributed by atoms with Crippen LogP contribution in [0.4, 0.5) is 0 Å². The second kappa shape index (κ2) is 8.06. The Morgan fingerprint density at radius 1 is 1.44 bits per heavy atom. The maximum absolute atomic E-state index is 11.2. The number of carbonyl (C=O) groups is 1. The van der Waals surface area contributed by atoms with E-state index in [0.29, 0.717) is 12.0 Å². The Hall–Kier alpha value is -1.13. The fraction of sp³-hybridized carbons (Fsp3) is 0.643. The SMILES string of the molecule is C/C=C(\C)[C@@H](O)[C@@H](C)[C@@H](N)C/C=C(\C)C(=O)OC. The Labute approximate surface area is 110 Å². The number of rotatable bonds is 6. The van der Waals surface area contributed by atoms with Crippen LogP contribution in [0.15, 0.2) is 23.3 Å². The molecule has 4 nitrogen and oxygen atoms in total. The molecule has 0 aromatic rings. The van der Waals surface area contributed by atoms with E-state index in [4.69, 9.17) is 5.73 Å². The van der Waals surface area contributed by atoms with Gasteiger partial charge in [-0.15, -0.1) is 0 Å². The van der Waals surface area contributed by atoms with Gasteiger partial charge < -0.3 is 15.6 Å². The molecule has 0 radical (unpaired) electrons. The largest absolute Gasteiger partial charge is 0.466 e. The zero-order valence-corrected chi connectivity index (χ0v) is 11.9. The van der Waals surface area contributed by atoms with Crippen molar-refractivity contribution in [3.63, 3.8) is 0 Å². The number of nitrogens with two attached hydrogens (primary N) is 1. The molecule has 0 rings (SSSR count). The van der Waals surface area contributed by atoms with Gasteiger partial charge in [-0.1, -0.05) is 19.1 Å². The molecule has 104 valence electrons. The topological polar surface area (TPSA) is 72.5 Å². The summed E-state index contributed by atoms with van der Waals surface area (Å²) in [5.74, 6) is -0.414. The first kappa shape index (κ1) is 16.9. The first-order valence-electron chi connectivity index (χ1n) is 6.16. The number of esters is 1. The molecule has 0 saturated heterocycles. The van der Waals surface area contributed by atoms with Gasteiger partial charge in [0.2, 0.25) is 0 Å². The lowest BCUT2D eigenvalue weighted by Gasteiger charge is -2.25. The second-order valence-corrected chi connectivity index (χ2v) is 4.61. The summed E-state index contributed by atoms with van der Waals surface area (Å²) < 4.78 is 4.60. The van der Waals surface area contributed by atoms with Crippen molar-refractivity contribution in [1.82, 2.24) is 0 Å². The van der Waals surface area contributed by atoms with Gasteiger partial charge in [0.05, 0.1) is 13.2 Å². The molecule has 0 aromatic heterocycles. The molecular weight excluding hydrogens is 230 g/mol. The highest BCUT2D eigenvalue weighted by molar-refractivity contribution is 5.87. The Morgan fingerprint density at radius 3 is 2.44 bits per heavy atom. The van der Waals surface area contributed by atoms with Crippen molar-refractivity contribution in [2.24, 2.45) is 11.7 Å². The molecule has 0 aliphatic carbocycles. The Bertz CT molecular complexity index is 334. The maximum Gasteiger partial charge on any atom is 0.333 e. The summed E-state index contributed by atoms with van der Waals surface area (Å²) in [6.07, 6.45) is 3.63. The van der Waals surface area contributed by atoms with Gasteiger partial charge in [-0.2, -0.15) is 0 Å². The lowest BCUT2D eigenvalue weighted by molar-refractivity contribution is -0.136. The summed E-state index contributed by atoms with van der Waals surface area (Å²) >= 11 is 0. The van der Waals surface area contributed by atoms with E-state index < -0.39 is 6.10 Å². The van der Waals surface area contributed by atoms with E-state index in [1.54, 1.807) is 13.0 Å². The summed E-state index contributed by atoms with van der Waals surface area (Å²) in [6, 6.07) is -0.200. The van der Waals surface area contributed by atoms with E-state index >= 15 is 0 Å². The number of allylic oxidation sites excluding steroid dienone is 1. The van der Waals surface area contributed by atoms with Crippen molar-refractivity contribution in [2.45, 2.75) is 46.3 Å². The third-order valence-corrected chi connectivity index (χ3v) is 3.30. The first-order valence-corrected chi connectivity index (χ1v) is 6.16. The van der Waals surface area contributed by atoms with E-state index in [-0.39, 0.29) is 17.9 Å². The number of methoxy groups -OCH3 is 1. The van der Waals surface area contributed by atoms with Gasteiger partial charge >= 0.3 is 5.97 Å². The molecule has 3 N–H and O–H groups in total. The highest BCUT2D eigenvalue weighted by Crippen LogP contribution is 2.17. The maximum atomic E-state index is 11.2. The van der Waals surface area contributed by atoms with E-state index in [0.717, 1.165) is 5.57 Å². The predicted octanol–water partition coefficient (Wildman–Crippen LogP) is 1.79. The first-order chi connectivity index (χ1) is 8.34. The Morgan fingerprint density at radius 2 is 2.00 bits per heavy atom. The van der Waals surface area contributed by atoms with E-state index in [1.165, 1.54) is 7.11 Å². The van der Waals surface area contributed by atoms with Gasteiger partial charge in [-0.25, -0.2) is 4.79 Å². The Kier molecular flexibility index (Phi) is 7.55. The number of hydrogen-bond donors (Lipinski definition) is 2. The minimum Gasteiger partial charge on any atom is -0.466 e. The zero-order valence-electron chi connectivity index (χ0n) is 11.9. The molecule has 0 aliphatic rings. The molecule has 0 aliphatic heterocycles. The average molecular weight is 255 g/mol. The normalized spacial score (nSPS) is 18.2. The molecule has 0 unspecified atom stereocenters. The molecule has 0 spiro atoms. The fourth-order valence-corrected chi connectivity index (χ4v) is 1.59. The molecule has 18 heavy (non-hydrogen) atoms. The van der Waals surface area contributed by atoms with Crippen molar-refractivity contribution in [3.8, 4) is 0 Å². The van der Waals surface area contributed by atoms with Crippen LogP contribution in [0, 0.1) is 5.92 Å². The summed E-state index contributed by atoms with van der Waals surface area (Å²) in [5, 5.41) is 10.0. The molecule has 4 heteroatoms. The lowest BCUT2D eigenvalue weighted by Crippen LogP contribution is -2.36. The fourth-order valence-electron chi connectivity index (χ4n) is 1.59. The highest BCUT2D eigenvalue weighted by atomic mass is 16.5. The van der Waals surface area contributed by atoms with Gasteiger partial charge in [0.15, 0.2) is 0 Å². The highest BCUT2D eigenvalue weighted by Gasteiger charge is 2.21. The molecule has 0 saturated carbocycles. The smallest absolute Gasteiger partial charge is 0.333 e. The van der Waals surface area contributed by atoms with E-state index in [9.17, 15) is 9.90 Å². The molecule has 0 bridgehead atoms. The molecule has 0 fully saturated rings. The molecular formula is C14H25NO3. The van der Waals surface area contributed by atoms with Crippen LogP contribution in [0.3, 0.4) is 0 Å². The zero-order chi connectivity index (χ0) is 14.3. The van der Waals surface area contributed by atoms with Crippen LogP contribution in [0.1, 0.15) is 34.1 Å². The average Bonchev–Trinajstić information content (AvgIpc) is 2.40. The number of hydrogen-bond acceptors (Lipinski definition) is 4. The summed E-state index contributed by atoms with van der Waals surface area (Å²) in [5.41, 5.74) is 7.46. The van der Waals surface area contributed by atoms with Crippen LogP contribution < -0.4 is 5.73 Å². The van der Waals surface area contributed by atoms with Gasteiger partial charge in [0.25, 0.3) is 0 Å². The van der Waals surface area contributed by atoms with Crippen molar-refractivity contribution in [1.29, 1.82) is 0 Å². The number of aliphatic hydroxyl groups excluding tert-OH is 1. The molecule has 0 amide bonds.